The maximum Gasteiger partial charge on any atom is 0.253 e. The van der Waals surface area contributed by atoms with Crippen molar-refractivity contribution in [1.29, 1.82) is 0 Å². The van der Waals surface area contributed by atoms with Crippen LogP contribution in [0.2, 0.25) is 5.02 Å². The number of rotatable bonds is 5. The van der Waals surface area contributed by atoms with Gasteiger partial charge in [-0.15, -0.1) is 0 Å². The maximum absolute atomic E-state index is 12.3. The fourth-order valence-corrected chi connectivity index (χ4v) is 1.85. The summed E-state index contributed by atoms with van der Waals surface area (Å²) < 4.78 is 0. The Labute approximate surface area is 118 Å². The molecule has 3 nitrogen and oxygen atoms in total. The largest absolute Gasteiger partial charge is 0.393 e. The topological polar surface area (TPSA) is 46.3 Å². The van der Waals surface area contributed by atoms with Gasteiger partial charge in [-0.2, -0.15) is 0 Å². The summed E-state index contributed by atoms with van der Waals surface area (Å²) in [6.45, 7) is 4.97. The monoisotopic (exact) mass is 284 g/mol. The van der Waals surface area contributed by atoms with Crippen LogP contribution in [0.5, 0.6) is 0 Å². The lowest BCUT2D eigenvalue weighted by atomic mass is 10.1. The highest BCUT2D eigenvalue weighted by Gasteiger charge is 2.18. The molecule has 0 aromatic heterocycles. The Morgan fingerprint density at radius 1 is 1.56 bits per heavy atom. The Morgan fingerprint density at radius 2 is 2.22 bits per heavy atom. The van der Waals surface area contributed by atoms with E-state index in [0.29, 0.717) is 28.7 Å². The van der Waals surface area contributed by atoms with E-state index >= 15 is 0 Å². The molecule has 0 aliphatic carbocycles. The first-order valence-electron chi connectivity index (χ1n) is 5.79. The first kappa shape index (κ1) is 14.9. The molecule has 0 heterocycles. The fourth-order valence-electron chi connectivity index (χ4n) is 1.58. The number of carbonyl (C=O) groups is 1. The predicted octanol–water partition coefficient (Wildman–Crippen LogP) is 2.72. The molecular weight excluding hydrogens is 268 g/mol. The van der Waals surface area contributed by atoms with Gasteiger partial charge in [-0.1, -0.05) is 36.8 Å². The van der Waals surface area contributed by atoms with Gasteiger partial charge in [0.1, 0.15) is 0 Å². The van der Waals surface area contributed by atoms with Crippen LogP contribution in [0.15, 0.2) is 24.3 Å². The van der Waals surface area contributed by atoms with Gasteiger partial charge in [0.05, 0.1) is 4.99 Å². The predicted molar refractivity (Wildman–Crippen MR) is 79.0 cm³/mol. The number of hydrogen-bond donors (Lipinski definition) is 1. The first-order valence-corrected chi connectivity index (χ1v) is 6.58. The van der Waals surface area contributed by atoms with E-state index in [2.05, 4.69) is 0 Å². The van der Waals surface area contributed by atoms with E-state index < -0.39 is 0 Å². The summed E-state index contributed by atoms with van der Waals surface area (Å²) in [4.78, 5) is 14.4. The third-order valence-corrected chi connectivity index (χ3v) is 3.36. The minimum Gasteiger partial charge on any atom is -0.393 e. The Hall–Kier alpha value is -1.13. The zero-order chi connectivity index (χ0) is 13.7. The second-order valence-electron chi connectivity index (χ2n) is 4.16. The molecule has 1 aromatic carbocycles. The van der Waals surface area contributed by atoms with E-state index in [4.69, 9.17) is 29.6 Å². The van der Waals surface area contributed by atoms with Crippen LogP contribution in [0, 0.1) is 5.92 Å². The molecule has 5 heteroatoms. The molecule has 0 spiro atoms. The van der Waals surface area contributed by atoms with Crippen molar-refractivity contribution in [1.82, 2.24) is 4.90 Å². The van der Waals surface area contributed by atoms with Crippen molar-refractivity contribution < 1.29 is 4.79 Å². The van der Waals surface area contributed by atoms with Crippen LogP contribution in [0.4, 0.5) is 0 Å². The molecule has 18 heavy (non-hydrogen) atoms. The lowest BCUT2D eigenvalue weighted by molar-refractivity contribution is 0.0755. The fraction of sp³-hybridized carbons (Fsp3) is 0.385. The highest BCUT2D eigenvalue weighted by molar-refractivity contribution is 7.80. The summed E-state index contributed by atoms with van der Waals surface area (Å²) in [5.41, 5.74) is 6.16. The highest BCUT2D eigenvalue weighted by atomic mass is 35.5. The van der Waals surface area contributed by atoms with Crippen LogP contribution < -0.4 is 5.73 Å². The van der Waals surface area contributed by atoms with Gasteiger partial charge >= 0.3 is 0 Å². The van der Waals surface area contributed by atoms with E-state index in [1.165, 1.54) is 0 Å². The van der Waals surface area contributed by atoms with Gasteiger partial charge in [-0.05, 0) is 25.1 Å². The molecule has 0 saturated heterocycles. The van der Waals surface area contributed by atoms with Crippen molar-refractivity contribution in [2.75, 3.05) is 13.1 Å². The van der Waals surface area contributed by atoms with Gasteiger partial charge < -0.3 is 10.6 Å². The van der Waals surface area contributed by atoms with Gasteiger partial charge in [-0.3, -0.25) is 4.79 Å². The van der Waals surface area contributed by atoms with E-state index in [9.17, 15) is 4.79 Å². The van der Waals surface area contributed by atoms with E-state index in [0.717, 1.165) is 0 Å². The van der Waals surface area contributed by atoms with Crippen LogP contribution in [-0.2, 0) is 0 Å². The van der Waals surface area contributed by atoms with E-state index in [-0.39, 0.29) is 11.8 Å². The quantitative estimate of drug-likeness (QED) is 0.846. The maximum atomic E-state index is 12.3. The van der Waals surface area contributed by atoms with Crippen molar-refractivity contribution in [2.45, 2.75) is 13.8 Å². The van der Waals surface area contributed by atoms with Crippen molar-refractivity contribution in [3.05, 3.63) is 34.9 Å². The van der Waals surface area contributed by atoms with Gasteiger partial charge in [0.25, 0.3) is 5.91 Å². The van der Waals surface area contributed by atoms with Gasteiger partial charge in [-0.25, -0.2) is 0 Å². The van der Waals surface area contributed by atoms with Crippen LogP contribution in [0.25, 0.3) is 0 Å². The van der Waals surface area contributed by atoms with Gasteiger partial charge in [0, 0.05) is 29.6 Å². The summed E-state index contributed by atoms with van der Waals surface area (Å²) in [5, 5.41) is 0.555. The van der Waals surface area contributed by atoms with Crippen molar-refractivity contribution in [3.8, 4) is 0 Å². The second-order valence-corrected chi connectivity index (χ2v) is 5.07. The zero-order valence-corrected chi connectivity index (χ0v) is 12.1. The number of hydrogen-bond acceptors (Lipinski definition) is 2. The minimum atomic E-state index is -0.0527. The van der Waals surface area contributed by atoms with E-state index in [1.807, 2.05) is 13.8 Å². The van der Waals surface area contributed by atoms with Crippen molar-refractivity contribution >= 4 is 34.7 Å². The molecule has 0 radical (unpaired) electrons. The smallest absolute Gasteiger partial charge is 0.253 e. The third kappa shape index (κ3) is 3.96. The lowest BCUT2D eigenvalue weighted by Crippen LogP contribution is -2.38. The molecule has 1 amide bonds. The minimum absolute atomic E-state index is 0.00286. The lowest BCUT2D eigenvalue weighted by Gasteiger charge is -2.24. The first-order chi connectivity index (χ1) is 8.45. The van der Waals surface area contributed by atoms with Gasteiger partial charge in [0.15, 0.2) is 0 Å². The molecule has 0 aliphatic rings. The van der Waals surface area contributed by atoms with Crippen molar-refractivity contribution in [3.63, 3.8) is 0 Å². The Morgan fingerprint density at radius 3 is 2.72 bits per heavy atom. The summed E-state index contributed by atoms with van der Waals surface area (Å²) in [6.07, 6.45) is 0. The SMILES string of the molecule is CCN(CC(C)C(N)=S)C(=O)c1cccc(Cl)c1. The number of nitrogens with two attached hydrogens (primary N) is 1. The molecule has 98 valence electrons. The average molecular weight is 285 g/mol. The standard InChI is InChI=1S/C13H17ClN2OS/c1-3-16(8-9(2)12(15)18)13(17)10-5-4-6-11(14)7-10/h4-7,9H,3,8H2,1-2H3,(H2,15,18). The van der Waals surface area contributed by atoms with E-state index in [1.54, 1.807) is 29.2 Å². The summed E-state index contributed by atoms with van der Waals surface area (Å²) >= 11 is 10.8. The number of benzene rings is 1. The van der Waals surface area contributed by atoms with Crippen LogP contribution in [-0.4, -0.2) is 28.9 Å². The Kier molecular flexibility index (Phi) is 5.56. The van der Waals surface area contributed by atoms with Crippen LogP contribution in [0.1, 0.15) is 24.2 Å². The molecule has 1 atom stereocenters. The second kappa shape index (κ2) is 6.71. The zero-order valence-electron chi connectivity index (χ0n) is 10.5. The summed E-state index contributed by atoms with van der Waals surface area (Å²) in [7, 11) is 0. The molecule has 1 unspecified atom stereocenters. The summed E-state index contributed by atoms with van der Waals surface area (Å²) in [5.74, 6) is -0.0498. The molecule has 0 saturated carbocycles. The number of nitrogens with zero attached hydrogens (tertiary/aromatic N) is 1. The molecule has 2 N–H and O–H groups in total. The highest BCUT2D eigenvalue weighted by Crippen LogP contribution is 2.13. The number of carbonyl (C=O) groups excluding carboxylic acids is 1. The Balaban J connectivity index is 2.82. The molecule has 0 bridgehead atoms. The Bertz CT molecular complexity index is 450. The molecule has 1 rings (SSSR count). The molecular formula is C13H17ClN2OS. The third-order valence-electron chi connectivity index (χ3n) is 2.72. The van der Waals surface area contributed by atoms with Crippen molar-refractivity contribution in [2.24, 2.45) is 11.7 Å². The van der Waals surface area contributed by atoms with Crippen LogP contribution >= 0.6 is 23.8 Å². The van der Waals surface area contributed by atoms with Crippen LogP contribution in [0.3, 0.4) is 0 Å². The number of halogens is 1. The average Bonchev–Trinajstić information content (AvgIpc) is 2.34. The van der Waals surface area contributed by atoms with Gasteiger partial charge in [0.2, 0.25) is 0 Å². The number of amides is 1. The number of thiocarbonyl (C=S) groups is 1. The molecule has 1 aromatic rings. The summed E-state index contributed by atoms with van der Waals surface area (Å²) in [6, 6.07) is 6.92. The normalized spacial score (nSPS) is 11.9. The molecule has 0 fully saturated rings. The molecule has 0 aliphatic heterocycles.